The fourth-order valence-electron chi connectivity index (χ4n) is 1.75. The van der Waals surface area contributed by atoms with Crippen molar-refractivity contribution in [3.8, 4) is 11.3 Å². The molecule has 0 radical (unpaired) electrons. The van der Waals surface area contributed by atoms with E-state index in [1.54, 1.807) is 6.33 Å². The van der Waals surface area contributed by atoms with Crippen molar-refractivity contribution < 1.29 is 0 Å². The first-order valence-electron chi connectivity index (χ1n) is 4.27. The molecule has 2 aromatic rings. The maximum Gasteiger partial charge on any atom is 0.116 e. The van der Waals surface area contributed by atoms with Gasteiger partial charge in [-0.3, -0.25) is 5.10 Å². The Hall–Kier alpha value is -1.71. The summed E-state index contributed by atoms with van der Waals surface area (Å²) in [7, 11) is 0. The Morgan fingerprint density at radius 3 is 3.31 bits per heavy atom. The molecule has 0 aromatic carbocycles. The second kappa shape index (κ2) is 2.39. The summed E-state index contributed by atoms with van der Waals surface area (Å²) in [6.07, 6.45) is 7.35. The van der Waals surface area contributed by atoms with E-state index >= 15 is 0 Å². The molecule has 0 saturated carbocycles. The molecule has 4 nitrogen and oxygen atoms in total. The molecule has 2 heterocycles. The van der Waals surface area contributed by atoms with Crippen LogP contribution in [0.2, 0.25) is 0 Å². The van der Waals surface area contributed by atoms with E-state index in [0.717, 1.165) is 29.8 Å². The van der Waals surface area contributed by atoms with Crippen molar-refractivity contribution in [3.63, 3.8) is 0 Å². The van der Waals surface area contributed by atoms with Crippen LogP contribution >= 0.6 is 0 Å². The van der Waals surface area contributed by atoms with Gasteiger partial charge in [-0.05, 0) is 18.4 Å². The maximum atomic E-state index is 4.26. The molecule has 64 valence electrons. The van der Waals surface area contributed by atoms with Gasteiger partial charge in [-0.15, -0.1) is 0 Å². The van der Waals surface area contributed by atoms with Crippen molar-refractivity contribution in [2.45, 2.75) is 12.8 Å². The highest BCUT2D eigenvalue weighted by molar-refractivity contribution is 5.66. The second-order valence-electron chi connectivity index (χ2n) is 3.14. The molecule has 1 N–H and O–H groups in total. The van der Waals surface area contributed by atoms with Gasteiger partial charge in [-0.1, -0.05) is 0 Å². The number of hydrogen-bond donors (Lipinski definition) is 1. The molecule has 4 heteroatoms. The Kier molecular flexibility index (Phi) is 1.24. The first kappa shape index (κ1) is 6.77. The van der Waals surface area contributed by atoms with Gasteiger partial charge in [0.05, 0.1) is 11.4 Å². The number of nitrogens with zero attached hydrogens (tertiary/aromatic N) is 3. The average Bonchev–Trinajstić information content (AvgIpc) is 2.65. The summed E-state index contributed by atoms with van der Waals surface area (Å²) >= 11 is 0. The van der Waals surface area contributed by atoms with Crippen molar-refractivity contribution in [2.24, 2.45) is 0 Å². The van der Waals surface area contributed by atoms with Crippen LogP contribution in [0.4, 0.5) is 0 Å². The number of aromatic nitrogens is 4. The molecular formula is C9H8N4. The van der Waals surface area contributed by atoms with Gasteiger partial charge >= 0.3 is 0 Å². The van der Waals surface area contributed by atoms with Gasteiger partial charge in [-0.2, -0.15) is 5.10 Å². The zero-order valence-electron chi connectivity index (χ0n) is 6.99. The smallest absolute Gasteiger partial charge is 0.116 e. The fourth-order valence-corrected chi connectivity index (χ4v) is 1.75. The third-order valence-corrected chi connectivity index (χ3v) is 2.39. The number of aromatic amines is 1. The Bertz CT molecular complexity index is 446. The zero-order valence-corrected chi connectivity index (χ0v) is 6.99. The van der Waals surface area contributed by atoms with E-state index in [1.165, 1.54) is 5.56 Å². The predicted molar refractivity (Wildman–Crippen MR) is 47.0 cm³/mol. The van der Waals surface area contributed by atoms with Gasteiger partial charge in [-0.25, -0.2) is 9.97 Å². The van der Waals surface area contributed by atoms with Gasteiger partial charge in [0.1, 0.15) is 6.33 Å². The molecule has 1 aliphatic rings. The summed E-state index contributed by atoms with van der Waals surface area (Å²) < 4.78 is 0. The number of nitrogens with one attached hydrogen (secondary N) is 1. The van der Waals surface area contributed by atoms with E-state index in [9.17, 15) is 0 Å². The van der Waals surface area contributed by atoms with Crippen molar-refractivity contribution in [2.75, 3.05) is 0 Å². The first-order chi connectivity index (χ1) is 6.45. The summed E-state index contributed by atoms with van der Waals surface area (Å²) in [4.78, 5) is 8.28. The molecule has 0 spiro atoms. The van der Waals surface area contributed by atoms with Crippen LogP contribution in [0.3, 0.4) is 0 Å². The molecule has 0 saturated heterocycles. The normalized spacial score (nSPS) is 13.5. The van der Waals surface area contributed by atoms with E-state index in [2.05, 4.69) is 20.2 Å². The lowest BCUT2D eigenvalue weighted by molar-refractivity contribution is 0.865. The van der Waals surface area contributed by atoms with E-state index in [1.807, 2.05) is 12.4 Å². The highest BCUT2D eigenvalue weighted by atomic mass is 15.1. The number of rotatable bonds is 0. The summed E-state index contributed by atoms with van der Waals surface area (Å²) in [5.41, 5.74) is 4.50. The minimum atomic E-state index is 0.985. The summed E-state index contributed by atoms with van der Waals surface area (Å²) in [6, 6.07) is 0. The Balaban J connectivity index is 2.30. The zero-order chi connectivity index (χ0) is 8.67. The third-order valence-electron chi connectivity index (χ3n) is 2.39. The topological polar surface area (TPSA) is 54.5 Å². The van der Waals surface area contributed by atoms with E-state index in [-0.39, 0.29) is 0 Å². The Morgan fingerprint density at radius 2 is 2.31 bits per heavy atom. The van der Waals surface area contributed by atoms with Crippen molar-refractivity contribution >= 4 is 0 Å². The van der Waals surface area contributed by atoms with E-state index < -0.39 is 0 Å². The van der Waals surface area contributed by atoms with E-state index in [0.29, 0.717) is 0 Å². The monoisotopic (exact) mass is 172 g/mol. The average molecular weight is 172 g/mol. The summed E-state index contributed by atoms with van der Waals surface area (Å²) in [6.45, 7) is 0. The van der Waals surface area contributed by atoms with Gasteiger partial charge in [0.25, 0.3) is 0 Å². The molecule has 0 fully saturated rings. The van der Waals surface area contributed by atoms with Gasteiger partial charge in [0.15, 0.2) is 0 Å². The van der Waals surface area contributed by atoms with Crippen LogP contribution in [0, 0.1) is 0 Å². The van der Waals surface area contributed by atoms with Crippen molar-refractivity contribution in [3.05, 3.63) is 30.0 Å². The number of fused-ring (bicyclic) bond motifs is 3. The highest BCUT2D eigenvalue weighted by Crippen LogP contribution is 2.28. The van der Waals surface area contributed by atoms with Gasteiger partial charge < -0.3 is 0 Å². The molecule has 1 aliphatic carbocycles. The van der Waals surface area contributed by atoms with Crippen LogP contribution in [-0.4, -0.2) is 20.2 Å². The van der Waals surface area contributed by atoms with Crippen LogP contribution in [0.15, 0.2) is 18.7 Å². The Labute approximate surface area is 75.0 Å². The molecule has 3 rings (SSSR count). The van der Waals surface area contributed by atoms with Crippen LogP contribution in [-0.2, 0) is 12.8 Å². The molecule has 0 atom stereocenters. The minimum absolute atomic E-state index is 0.985. The lowest BCUT2D eigenvalue weighted by Gasteiger charge is -2.12. The van der Waals surface area contributed by atoms with Crippen LogP contribution in [0.5, 0.6) is 0 Å². The predicted octanol–water partition coefficient (Wildman–Crippen LogP) is 0.965. The lowest BCUT2D eigenvalue weighted by Crippen LogP contribution is -2.04. The molecule has 0 bridgehead atoms. The molecular weight excluding hydrogens is 164 g/mol. The van der Waals surface area contributed by atoms with Crippen LogP contribution < -0.4 is 0 Å². The fraction of sp³-hybridized carbons (Fsp3) is 0.222. The van der Waals surface area contributed by atoms with Gasteiger partial charge in [0, 0.05) is 18.0 Å². The van der Waals surface area contributed by atoms with Crippen LogP contribution in [0.1, 0.15) is 11.3 Å². The molecule has 13 heavy (non-hydrogen) atoms. The van der Waals surface area contributed by atoms with Gasteiger partial charge in [0.2, 0.25) is 0 Å². The van der Waals surface area contributed by atoms with Crippen LogP contribution in [0.25, 0.3) is 11.3 Å². The number of H-pyrrole nitrogens is 1. The largest absolute Gasteiger partial charge is 0.285 e. The number of hydrogen-bond acceptors (Lipinski definition) is 3. The number of aryl methyl sites for hydroxylation is 2. The molecule has 0 amide bonds. The van der Waals surface area contributed by atoms with Crippen molar-refractivity contribution in [1.29, 1.82) is 0 Å². The summed E-state index contributed by atoms with van der Waals surface area (Å²) in [5.74, 6) is 0. The summed E-state index contributed by atoms with van der Waals surface area (Å²) in [5, 5.41) is 7.04. The van der Waals surface area contributed by atoms with E-state index in [4.69, 9.17) is 0 Å². The SMILES string of the molecule is c1ncc2c(n1)-c1c[nH]nc1CC2. The van der Waals surface area contributed by atoms with Crippen molar-refractivity contribution in [1.82, 2.24) is 20.2 Å². The second-order valence-corrected chi connectivity index (χ2v) is 3.14. The lowest BCUT2D eigenvalue weighted by atomic mass is 9.96. The highest BCUT2D eigenvalue weighted by Gasteiger charge is 2.18. The first-order valence-corrected chi connectivity index (χ1v) is 4.27. The quantitative estimate of drug-likeness (QED) is 0.644. The Morgan fingerprint density at radius 1 is 1.31 bits per heavy atom. The molecule has 0 unspecified atom stereocenters. The maximum absolute atomic E-state index is 4.26. The standard InChI is InChI=1S/C9H8N4/c1-2-8-7(4-12-13-8)9-6(1)3-10-5-11-9/h3-5H,1-2H2,(H,12,13). The minimum Gasteiger partial charge on any atom is -0.285 e. The third kappa shape index (κ3) is 0.884. The molecule has 0 aliphatic heterocycles. The molecule has 2 aromatic heterocycles.